The third kappa shape index (κ3) is 3.97. The second-order valence-corrected chi connectivity index (χ2v) is 5.46. The Morgan fingerprint density at radius 1 is 1.18 bits per heavy atom. The molecule has 5 nitrogen and oxygen atoms in total. The van der Waals surface area contributed by atoms with E-state index >= 15 is 0 Å². The first-order valence-electron chi connectivity index (χ1n) is 7.16. The van der Waals surface area contributed by atoms with E-state index in [1.165, 1.54) is 16.7 Å². The van der Waals surface area contributed by atoms with Gasteiger partial charge in [0.05, 0.1) is 12.8 Å². The number of anilines is 1. The summed E-state index contributed by atoms with van der Waals surface area (Å²) in [7, 11) is 1.56. The number of nitrogens with one attached hydrogen (secondary N) is 1. The molecule has 22 heavy (non-hydrogen) atoms. The van der Waals surface area contributed by atoms with E-state index in [1.807, 2.05) is 24.3 Å². The van der Waals surface area contributed by atoms with Crippen LogP contribution in [-0.4, -0.2) is 30.3 Å². The molecule has 1 aromatic carbocycles. The second kappa shape index (κ2) is 6.93. The first kappa shape index (κ1) is 15.8. The Bertz CT molecular complexity index is 630. The van der Waals surface area contributed by atoms with Gasteiger partial charge in [0.15, 0.2) is 5.76 Å². The molecule has 2 aromatic rings. The monoisotopic (exact) mass is 300 g/mol. The van der Waals surface area contributed by atoms with E-state index in [2.05, 4.69) is 19.2 Å². The van der Waals surface area contributed by atoms with Crippen LogP contribution in [0.5, 0.6) is 0 Å². The van der Waals surface area contributed by atoms with Crippen molar-refractivity contribution in [3.05, 3.63) is 54.0 Å². The summed E-state index contributed by atoms with van der Waals surface area (Å²) in [6.07, 6.45) is 1.43. The largest absolute Gasteiger partial charge is 0.459 e. The summed E-state index contributed by atoms with van der Waals surface area (Å²) in [6, 6.07) is 10.9. The van der Waals surface area contributed by atoms with E-state index in [9.17, 15) is 9.59 Å². The highest BCUT2D eigenvalue weighted by atomic mass is 16.3. The van der Waals surface area contributed by atoms with E-state index in [0.717, 1.165) is 0 Å². The predicted octanol–water partition coefficient (Wildman–Crippen LogP) is 3.11. The summed E-state index contributed by atoms with van der Waals surface area (Å²) in [5, 5.41) is 2.78. The number of furan rings is 1. The van der Waals surface area contributed by atoms with Gasteiger partial charge in [0.25, 0.3) is 5.91 Å². The van der Waals surface area contributed by atoms with E-state index < -0.39 is 0 Å². The minimum absolute atomic E-state index is 0.0362. The van der Waals surface area contributed by atoms with Crippen LogP contribution in [0.15, 0.2) is 47.1 Å². The van der Waals surface area contributed by atoms with Gasteiger partial charge in [0, 0.05) is 12.7 Å². The zero-order valence-electron chi connectivity index (χ0n) is 13.0. The molecule has 2 amide bonds. The van der Waals surface area contributed by atoms with E-state index in [4.69, 9.17) is 4.42 Å². The third-order valence-corrected chi connectivity index (χ3v) is 3.32. The van der Waals surface area contributed by atoms with Gasteiger partial charge in [0.2, 0.25) is 5.91 Å². The second-order valence-electron chi connectivity index (χ2n) is 5.46. The van der Waals surface area contributed by atoms with Crippen LogP contribution in [0.25, 0.3) is 0 Å². The molecule has 0 atom stereocenters. The Labute approximate surface area is 129 Å². The van der Waals surface area contributed by atoms with Gasteiger partial charge < -0.3 is 14.6 Å². The number of likely N-dealkylation sites (N-methyl/N-ethyl adjacent to an activating group) is 1. The molecule has 116 valence electrons. The molecule has 5 heteroatoms. The Kier molecular flexibility index (Phi) is 4.99. The molecule has 0 aliphatic carbocycles. The highest BCUT2D eigenvalue weighted by Gasteiger charge is 2.17. The van der Waals surface area contributed by atoms with Crippen LogP contribution in [-0.2, 0) is 4.79 Å². The maximum atomic E-state index is 12.0. The fourth-order valence-corrected chi connectivity index (χ4v) is 2.03. The van der Waals surface area contributed by atoms with Gasteiger partial charge in [-0.25, -0.2) is 0 Å². The van der Waals surface area contributed by atoms with Crippen LogP contribution in [0.4, 0.5) is 5.69 Å². The smallest absolute Gasteiger partial charge is 0.289 e. The number of carbonyl (C=O) groups excluding carboxylic acids is 2. The fourth-order valence-electron chi connectivity index (χ4n) is 2.03. The highest BCUT2D eigenvalue weighted by molar-refractivity contribution is 5.97. The van der Waals surface area contributed by atoms with Crippen molar-refractivity contribution in [1.82, 2.24) is 4.90 Å². The molecule has 0 fully saturated rings. The van der Waals surface area contributed by atoms with Crippen LogP contribution in [0.2, 0.25) is 0 Å². The molecular weight excluding hydrogens is 280 g/mol. The number of rotatable bonds is 5. The molecule has 0 aliphatic rings. The van der Waals surface area contributed by atoms with E-state index in [1.54, 1.807) is 19.2 Å². The summed E-state index contributed by atoms with van der Waals surface area (Å²) in [5.74, 6) is 0.0911. The number of hydrogen-bond acceptors (Lipinski definition) is 3. The number of hydrogen-bond donors (Lipinski definition) is 1. The van der Waals surface area contributed by atoms with Crippen LogP contribution >= 0.6 is 0 Å². The highest BCUT2D eigenvalue weighted by Crippen LogP contribution is 2.17. The van der Waals surface area contributed by atoms with Crippen molar-refractivity contribution in [2.75, 3.05) is 18.9 Å². The molecule has 1 aromatic heterocycles. The number of nitrogens with zero attached hydrogens (tertiary/aromatic N) is 1. The molecule has 0 radical (unpaired) electrons. The Morgan fingerprint density at radius 3 is 2.41 bits per heavy atom. The van der Waals surface area contributed by atoms with Gasteiger partial charge in [0.1, 0.15) is 0 Å². The number of carbonyl (C=O) groups is 2. The van der Waals surface area contributed by atoms with Crippen molar-refractivity contribution >= 4 is 17.5 Å². The molecule has 0 spiro atoms. The lowest BCUT2D eigenvalue weighted by atomic mass is 10.0. The fraction of sp³-hybridized carbons (Fsp3) is 0.294. The Morgan fingerprint density at radius 2 is 1.86 bits per heavy atom. The van der Waals surface area contributed by atoms with Gasteiger partial charge in [-0.15, -0.1) is 0 Å². The van der Waals surface area contributed by atoms with Crippen LogP contribution in [0, 0.1) is 0 Å². The zero-order valence-corrected chi connectivity index (χ0v) is 13.0. The molecule has 0 saturated heterocycles. The molecule has 1 N–H and O–H groups in total. The van der Waals surface area contributed by atoms with Crippen molar-refractivity contribution in [1.29, 1.82) is 0 Å². The molecule has 0 saturated carbocycles. The molecule has 2 rings (SSSR count). The minimum Gasteiger partial charge on any atom is -0.459 e. The van der Waals surface area contributed by atoms with Crippen LogP contribution in [0.1, 0.15) is 35.9 Å². The quantitative estimate of drug-likeness (QED) is 0.923. The Hall–Kier alpha value is -2.56. The first-order valence-corrected chi connectivity index (χ1v) is 7.16. The molecule has 1 heterocycles. The van der Waals surface area contributed by atoms with E-state index in [-0.39, 0.29) is 24.1 Å². The Balaban J connectivity index is 1.91. The summed E-state index contributed by atoms with van der Waals surface area (Å²) >= 11 is 0. The summed E-state index contributed by atoms with van der Waals surface area (Å²) < 4.78 is 5.03. The normalized spacial score (nSPS) is 10.5. The van der Waals surface area contributed by atoms with Gasteiger partial charge in [-0.05, 0) is 35.7 Å². The summed E-state index contributed by atoms with van der Waals surface area (Å²) in [5.41, 5.74) is 1.93. The standard InChI is InChI=1S/C17H20N2O3/c1-12(2)13-6-8-14(9-7-13)18-16(20)11-19(3)17(21)15-5-4-10-22-15/h4-10,12H,11H2,1-3H3,(H,18,20). The maximum absolute atomic E-state index is 12.0. The van der Waals surface area contributed by atoms with E-state index in [0.29, 0.717) is 11.6 Å². The minimum atomic E-state index is -0.324. The lowest BCUT2D eigenvalue weighted by molar-refractivity contribution is -0.116. The lowest BCUT2D eigenvalue weighted by Crippen LogP contribution is -2.34. The summed E-state index contributed by atoms with van der Waals surface area (Å²) in [6.45, 7) is 4.19. The topological polar surface area (TPSA) is 62.6 Å². The first-order chi connectivity index (χ1) is 10.5. The SMILES string of the molecule is CC(C)c1ccc(NC(=O)CN(C)C(=O)c2ccco2)cc1. The number of benzene rings is 1. The summed E-state index contributed by atoms with van der Waals surface area (Å²) in [4.78, 5) is 25.3. The molecule has 0 bridgehead atoms. The van der Waals surface area contributed by atoms with Crippen molar-refractivity contribution in [3.63, 3.8) is 0 Å². The molecular formula is C17H20N2O3. The zero-order chi connectivity index (χ0) is 16.1. The van der Waals surface area contributed by atoms with Gasteiger partial charge >= 0.3 is 0 Å². The number of amides is 2. The average molecular weight is 300 g/mol. The van der Waals surface area contributed by atoms with Crippen molar-refractivity contribution < 1.29 is 14.0 Å². The van der Waals surface area contributed by atoms with Crippen molar-refractivity contribution in [2.24, 2.45) is 0 Å². The molecule has 0 aliphatic heterocycles. The van der Waals surface area contributed by atoms with Crippen molar-refractivity contribution in [2.45, 2.75) is 19.8 Å². The van der Waals surface area contributed by atoms with Gasteiger partial charge in [-0.3, -0.25) is 9.59 Å². The van der Waals surface area contributed by atoms with Crippen LogP contribution in [0.3, 0.4) is 0 Å². The van der Waals surface area contributed by atoms with Crippen molar-refractivity contribution in [3.8, 4) is 0 Å². The third-order valence-electron chi connectivity index (χ3n) is 3.32. The lowest BCUT2D eigenvalue weighted by Gasteiger charge is -2.15. The van der Waals surface area contributed by atoms with Crippen LogP contribution < -0.4 is 5.32 Å². The average Bonchev–Trinajstić information content (AvgIpc) is 3.00. The molecule has 0 unspecified atom stereocenters. The maximum Gasteiger partial charge on any atom is 0.289 e. The predicted molar refractivity (Wildman–Crippen MR) is 84.8 cm³/mol. The van der Waals surface area contributed by atoms with Gasteiger partial charge in [-0.1, -0.05) is 26.0 Å². The van der Waals surface area contributed by atoms with Gasteiger partial charge in [-0.2, -0.15) is 0 Å².